The zero-order valence-electron chi connectivity index (χ0n) is 15.9. The monoisotopic (exact) mass is 452 g/mol. The van der Waals surface area contributed by atoms with Gasteiger partial charge in [-0.25, -0.2) is 10.3 Å². The van der Waals surface area contributed by atoms with E-state index in [1.807, 2.05) is 0 Å². The van der Waals surface area contributed by atoms with Crippen molar-refractivity contribution in [3.63, 3.8) is 0 Å². The van der Waals surface area contributed by atoms with Crippen LogP contribution in [0.15, 0.2) is 58.5 Å². The molecule has 1 aliphatic carbocycles. The Labute approximate surface area is 180 Å². The van der Waals surface area contributed by atoms with Gasteiger partial charge in [0.2, 0.25) is 0 Å². The first kappa shape index (κ1) is 21.0. The Kier molecular flexibility index (Phi) is 4.72. The Bertz CT molecular complexity index is 1490. The summed E-state index contributed by atoms with van der Waals surface area (Å²) in [5.74, 6) is -3.96. The molecule has 0 aliphatic heterocycles. The quantitative estimate of drug-likeness (QED) is 0.268. The lowest BCUT2D eigenvalue weighted by Gasteiger charge is -2.23. The van der Waals surface area contributed by atoms with E-state index in [1.54, 1.807) is 6.07 Å². The summed E-state index contributed by atoms with van der Waals surface area (Å²) in [6.07, 6.45) is 0. The zero-order valence-corrected chi connectivity index (χ0v) is 16.7. The molecule has 32 heavy (non-hydrogen) atoms. The molecular weight excluding hydrogens is 440 g/mol. The van der Waals surface area contributed by atoms with Crippen molar-refractivity contribution < 1.29 is 37.6 Å². The minimum Gasteiger partial charge on any atom is -0.506 e. The number of aromatic hydroxyl groups is 1. The van der Waals surface area contributed by atoms with Crippen LogP contribution in [0.4, 0.5) is 5.69 Å². The molecule has 3 aromatic rings. The highest BCUT2D eigenvalue weighted by molar-refractivity contribution is 7.86. The standard InChI is InChI=1S/C21H12N2O8S/c22-23-13-7-5-12(21(27)28)20(26)16(13)17-14(32(29,30)31)8-6-11-15(17)19(25)10-4-2-1-3-9(10)18(11)24/h1-8,22,26H,(H,27,28)(H,29,30,31). The molecular formula is C21H12N2O8S. The first-order valence-electron chi connectivity index (χ1n) is 8.88. The molecule has 11 heteroatoms. The normalized spacial score (nSPS) is 12.8. The Morgan fingerprint density at radius 3 is 2.03 bits per heavy atom. The summed E-state index contributed by atoms with van der Waals surface area (Å²) in [7, 11) is -5.03. The van der Waals surface area contributed by atoms with Crippen molar-refractivity contribution in [2.75, 3.05) is 0 Å². The van der Waals surface area contributed by atoms with Gasteiger partial charge < -0.3 is 10.2 Å². The van der Waals surface area contributed by atoms with Crippen molar-refractivity contribution in [2.45, 2.75) is 4.90 Å². The Hall–Kier alpha value is -4.22. The van der Waals surface area contributed by atoms with Crippen LogP contribution < -0.4 is 0 Å². The number of hydrogen-bond acceptors (Lipinski definition) is 8. The fourth-order valence-electron chi connectivity index (χ4n) is 3.72. The summed E-state index contributed by atoms with van der Waals surface area (Å²) in [4.78, 5) is 37.1. The van der Waals surface area contributed by atoms with Gasteiger partial charge in [0.15, 0.2) is 11.6 Å². The molecule has 0 aromatic heterocycles. The molecule has 160 valence electrons. The third-order valence-electron chi connectivity index (χ3n) is 5.09. The lowest BCUT2D eigenvalue weighted by atomic mass is 9.80. The van der Waals surface area contributed by atoms with Crippen molar-refractivity contribution in [3.05, 3.63) is 76.3 Å². The molecule has 0 spiro atoms. The van der Waals surface area contributed by atoms with Gasteiger partial charge in [0, 0.05) is 27.8 Å². The summed E-state index contributed by atoms with van der Waals surface area (Å²) >= 11 is 0. The fraction of sp³-hybridized carbons (Fsp3) is 0. The van der Waals surface area contributed by atoms with E-state index in [1.165, 1.54) is 18.2 Å². The summed E-state index contributed by atoms with van der Waals surface area (Å²) in [5, 5.41) is 23.2. The molecule has 0 saturated heterocycles. The molecule has 3 aromatic carbocycles. The van der Waals surface area contributed by atoms with Gasteiger partial charge in [-0.3, -0.25) is 14.1 Å². The van der Waals surface area contributed by atoms with Gasteiger partial charge in [0.05, 0.1) is 11.3 Å². The van der Waals surface area contributed by atoms with Crippen molar-refractivity contribution in [2.24, 2.45) is 5.11 Å². The third kappa shape index (κ3) is 2.99. The van der Waals surface area contributed by atoms with Gasteiger partial charge in [-0.1, -0.05) is 24.3 Å². The molecule has 0 saturated carbocycles. The van der Waals surface area contributed by atoms with E-state index in [2.05, 4.69) is 5.11 Å². The second-order valence-electron chi connectivity index (χ2n) is 6.81. The number of nitrogens with one attached hydrogen (secondary N) is 1. The Morgan fingerprint density at radius 2 is 1.47 bits per heavy atom. The third-order valence-corrected chi connectivity index (χ3v) is 5.99. The SMILES string of the molecule is N=Nc1ccc(C(=O)O)c(O)c1-c1c(S(=O)(=O)O)ccc2c1C(=O)c1ccccc1C2=O. The summed E-state index contributed by atoms with van der Waals surface area (Å²) in [6, 6.07) is 9.70. The predicted octanol–water partition coefficient (Wildman–Crippen LogP) is 3.44. The number of hydrogen-bond donors (Lipinski definition) is 4. The smallest absolute Gasteiger partial charge is 0.339 e. The topological polar surface area (TPSA) is 182 Å². The fourth-order valence-corrected chi connectivity index (χ4v) is 4.43. The van der Waals surface area contributed by atoms with Gasteiger partial charge in [-0.05, 0) is 24.3 Å². The van der Waals surface area contributed by atoms with Crippen LogP contribution >= 0.6 is 0 Å². The van der Waals surface area contributed by atoms with E-state index in [4.69, 9.17) is 5.53 Å². The Balaban J connectivity index is 2.24. The van der Waals surface area contributed by atoms with E-state index in [-0.39, 0.29) is 22.4 Å². The van der Waals surface area contributed by atoms with Crippen LogP contribution in [0.3, 0.4) is 0 Å². The van der Waals surface area contributed by atoms with E-state index in [0.29, 0.717) is 0 Å². The van der Waals surface area contributed by atoms with Crippen LogP contribution in [-0.4, -0.2) is 40.7 Å². The van der Waals surface area contributed by atoms with Crippen LogP contribution in [0.5, 0.6) is 5.75 Å². The molecule has 0 atom stereocenters. The van der Waals surface area contributed by atoms with Crippen LogP contribution in [0.1, 0.15) is 42.2 Å². The lowest BCUT2D eigenvalue weighted by Crippen LogP contribution is -2.23. The number of phenols is 1. The van der Waals surface area contributed by atoms with Gasteiger partial charge in [0.25, 0.3) is 10.1 Å². The van der Waals surface area contributed by atoms with E-state index < -0.39 is 60.6 Å². The maximum Gasteiger partial charge on any atom is 0.339 e. The second kappa shape index (κ2) is 7.18. The van der Waals surface area contributed by atoms with Crippen molar-refractivity contribution >= 4 is 33.3 Å². The van der Waals surface area contributed by atoms with Crippen LogP contribution in [0, 0.1) is 5.53 Å². The first-order valence-corrected chi connectivity index (χ1v) is 10.3. The van der Waals surface area contributed by atoms with Gasteiger partial charge in [-0.2, -0.15) is 13.5 Å². The highest BCUT2D eigenvalue weighted by Gasteiger charge is 2.37. The van der Waals surface area contributed by atoms with Crippen molar-refractivity contribution in [3.8, 4) is 16.9 Å². The molecule has 0 heterocycles. The maximum absolute atomic E-state index is 13.4. The second-order valence-corrected chi connectivity index (χ2v) is 8.20. The van der Waals surface area contributed by atoms with Crippen molar-refractivity contribution in [1.29, 1.82) is 5.53 Å². The number of nitrogens with zero attached hydrogens (tertiary/aromatic N) is 1. The minimum atomic E-state index is -5.03. The predicted molar refractivity (Wildman–Crippen MR) is 108 cm³/mol. The molecule has 0 radical (unpaired) electrons. The largest absolute Gasteiger partial charge is 0.506 e. The Morgan fingerprint density at radius 1 is 0.844 bits per heavy atom. The molecule has 4 rings (SSSR count). The molecule has 0 unspecified atom stereocenters. The lowest BCUT2D eigenvalue weighted by molar-refractivity contribution is 0.0693. The number of aromatic carboxylic acids is 1. The summed E-state index contributed by atoms with van der Waals surface area (Å²) in [5.41, 5.74) is 4.47. The number of rotatable bonds is 4. The highest BCUT2D eigenvalue weighted by Crippen LogP contribution is 2.47. The van der Waals surface area contributed by atoms with Crippen LogP contribution in [0.25, 0.3) is 11.1 Å². The van der Waals surface area contributed by atoms with Crippen LogP contribution in [0.2, 0.25) is 0 Å². The minimum absolute atomic E-state index is 0.0445. The zero-order chi connectivity index (χ0) is 23.4. The average molecular weight is 452 g/mol. The number of carbonyl (C=O) groups excluding carboxylic acids is 2. The average Bonchev–Trinajstić information content (AvgIpc) is 2.75. The number of benzene rings is 3. The molecule has 10 nitrogen and oxygen atoms in total. The summed E-state index contributed by atoms with van der Waals surface area (Å²) in [6.45, 7) is 0. The number of carboxylic acid groups (broad SMARTS) is 1. The number of carboxylic acids is 1. The van der Waals surface area contributed by atoms with Crippen molar-refractivity contribution in [1.82, 2.24) is 0 Å². The van der Waals surface area contributed by atoms with E-state index in [0.717, 1.165) is 24.3 Å². The van der Waals surface area contributed by atoms with E-state index in [9.17, 15) is 37.6 Å². The molecule has 1 aliphatic rings. The summed E-state index contributed by atoms with van der Waals surface area (Å²) < 4.78 is 34.1. The van der Waals surface area contributed by atoms with Crippen LogP contribution in [-0.2, 0) is 10.1 Å². The molecule has 0 bridgehead atoms. The number of carbonyl (C=O) groups is 3. The first-order chi connectivity index (χ1) is 15.1. The molecule has 4 N–H and O–H groups in total. The van der Waals surface area contributed by atoms with Gasteiger partial charge in [0.1, 0.15) is 16.2 Å². The highest BCUT2D eigenvalue weighted by atomic mass is 32.2. The number of ketones is 2. The maximum atomic E-state index is 13.4. The van der Waals surface area contributed by atoms with Gasteiger partial charge in [-0.15, -0.1) is 0 Å². The van der Waals surface area contributed by atoms with Gasteiger partial charge >= 0.3 is 5.97 Å². The molecule has 0 amide bonds. The van der Waals surface area contributed by atoms with E-state index >= 15 is 0 Å². The number of fused-ring (bicyclic) bond motifs is 2. The molecule has 0 fully saturated rings.